The van der Waals surface area contributed by atoms with Crippen LogP contribution in [0.15, 0.2) is 36.5 Å². The summed E-state index contributed by atoms with van der Waals surface area (Å²) in [6.45, 7) is 4.13. The number of halogens is 2. The van der Waals surface area contributed by atoms with Gasteiger partial charge in [0.15, 0.2) is 5.65 Å². The second-order valence-electron chi connectivity index (χ2n) is 4.93. The predicted octanol–water partition coefficient (Wildman–Crippen LogP) is 4.52. The van der Waals surface area contributed by atoms with E-state index in [1.807, 2.05) is 31.2 Å². The molecule has 2 heterocycles. The van der Waals surface area contributed by atoms with Crippen molar-refractivity contribution >= 4 is 34.7 Å². The van der Waals surface area contributed by atoms with E-state index in [4.69, 9.17) is 23.2 Å². The van der Waals surface area contributed by atoms with Gasteiger partial charge >= 0.3 is 0 Å². The van der Waals surface area contributed by atoms with Crippen molar-refractivity contribution in [2.24, 2.45) is 0 Å². The minimum Gasteiger partial charge on any atom is -0.363 e. The Hall–Kier alpha value is -1.78. The van der Waals surface area contributed by atoms with Gasteiger partial charge in [0.05, 0.1) is 12.2 Å². The molecule has 3 rings (SSSR count). The third kappa shape index (κ3) is 2.82. The number of benzene rings is 1. The van der Waals surface area contributed by atoms with Crippen LogP contribution in [0.2, 0.25) is 10.2 Å². The summed E-state index contributed by atoms with van der Waals surface area (Å²) in [7, 11) is 0. The second kappa shape index (κ2) is 5.54. The van der Waals surface area contributed by atoms with Crippen LogP contribution < -0.4 is 5.32 Å². The maximum atomic E-state index is 6.05. The number of hydrogen-bond acceptors (Lipinski definition) is 3. The molecule has 0 aliphatic heterocycles. The summed E-state index contributed by atoms with van der Waals surface area (Å²) < 4.78 is 1.73. The van der Waals surface area contributed by atoms with E-state index < -0.39 is 0 Å². The molecule has 21 heavy (non-hydrogen) atoms. The van der Waals surface area contributed by atoms with E-state index in [1.165, 1.54) is 5.56 Å². The summed E-state index contributed by atoms with van der Waals surface area (Å²) in [6.07, 6.45) is 1.70. The first-order valence-electron chi connectivity index (χ1n) is 6.57. The molecule has 0 bridgehead atoms. The van der Waals surface area contributed by atoms with Crippen LogP contribution in [0.4, 0.5) is 5.82 Å². The quantitative estimate of drug-likeness (QED) is 0.721. The lowest BCUT2D eigenvalue weighted by atomic mass is 10.0. The van der Waals surface area contributed by atoms with Crippen molar-refractivity contribution in [1.29, 1.82) is 0 Å². The largest absolute Gasteiger partial charge is 0.363 e. The zero-order chi connectivity index (χ0) is 15.0. The highest BCUT2D eigenvalue weighted by Crippen LogP contribution is 2.25. The van der Waals surface area contributed by atoms with Crippen molar-refractivity contribution in [3.63, 3.8) is 0 Å². The molecule has 1 aromatic carbocycles. The van der Waals surface area contributed by atoms with Gasteiger partial charge in [-0.2, -0.15) is 9.61 Å². The lowest BCUT2D eigenvalue weighted by molar-refractivity contribution is 0.834. The zero-order valence-electron chi connectivity index (χ0n) is 11.6. The van der Waals surface area contributed by atoms with E-state index in [2.05, 4.69) is 22.3 Å². The van der Waals surface area contributed by atoms with Crippen LogP contribution in [0.1, 0.15) is 24.1 Å². The Kier molecular flexibility index (Phi) is 3.74. The molecule has 0 fully saturated rings. The first-order valence-corrected chi connectivity index (χ1v) is 7.33. The van der Waals surface area contributed by atoms with Gasteiger partial charge in [0.1, 0.15) is 11.0 Å². The topological polar surface area (TPSA) is 42.2 Å². The lowest BCUT2D eigenvalue weighted by Gasteiger charge is -2.18. The van der Waals surface area contributed by atoms with Crippen molar-refractivity contribution in [3.8, 4) is 0 Å². The molecule has 0 saturated heterocycles. The number of aryl methyl sites for hydroxylation is 1. The summed E-state index contributed by atoms with van der Waals surface area (Å²) in [5.41, 5.74) is 3.03. The van der Waals surface area contributed by atoms with Gasteiger partial charge in [0, 0.05) is 17.2 Å². The summed E-state index contributed by atoms with van der Waals surface area (Å²) in [4.78, 5) is 4.21. The smallest absolute Gasteiger partial charge is 0.159 e. The van der Waals surface area contributed by atoms with Gasteiger partial charge in [-0.05, 0) is 37.1 Å². The highest BCUT2D eigenvalue weighted by molar-refractivity contribution is 6.30. The number of rotatable bonds is 3. The molecular formula is C15H14Cl2N4. The van der Waals surface area contributed by atoms with Gasteiger partial charge in [-0.3, -0.25) is 0 Å². The average molecular weight is 321 g/mol. The Balaban J connectivity index is 1.96. The van der Waals surface area contributed by atoms with E-state index >= 15 is 0 Å². The van der Waals surface area contributed by atoms with E-state index in [1.54, 1.807) is 16.8 Å². The highest BCUT2D eigenvalue weighted by atomic mass is 35.5. The Bertz CT molecular complexity index is 797. The fraction of sp³-hybridized carbons (Fsp3) is 0.200. The van der Waals surface area contributed by atoms with Crippen LogP contribution >= 0.6 is 23.2 Å². The second-order valence-corrected chi connectivity index (χ2v) is 5.76. The van der Waals surface area contributed by atoms with E-state index in [0.717, 1.165) is 16.4 Å². The van der Waals surface area contributed by atoms with Crippen molar-refractivity contribution < 1.29 is 0 Å². The minimum absolute atomic E-state index is 0.0909. The number of hydrogen-bond donors (Lipinski definition) is 1. The van der Waals surface area contributed by atoms with Gasteiger partial charge in [-0.1, -0.05) is 29.3 Å². The molecule has 0 amide bonds. The number of nitrogens with zero attached hydrogens (tertiary/aromatic N) is 3. The van der Waals surface area contributed by atoms with E-state index in [0.29, 0.717) is 10.8 Å². The highest BCUT2D eigenvalue weighted by Gasteiger charge is 2.12. The monoisotopic (exact) mass is 320 g/mol. The molecule has 108 valence electrons. The molecule has 1 N–H and O–H groups in total. The molecule has 0 radical (unpaired) electrons. The minimum atomic E-state index is 0.0909. The first kappa shape index (κ1) is 14.2. The summed E-state index contributed by atoms with van der Waals surface area (Å²) in [6, 6.07) is 9.55. The normalized spacial score (nSPS) is 12.6. The molecule has 4 nitrogen and oxygen atoms in total. The van der Waals surface area contributed by atoms with Crippen LogP contribution in [0.5, 0.6) is 0 Å². The fourth-order valence-corrected chi connectivity index (χ4v) is 2.83. The standard InChI is InChI=1S/C15H14Cl2N4/c1-9-7-11(16)3-4-12(9)10(2)19-15-8-13(17)20-14-5-6-18-21(14)15/h3-8,10,19H,1-2H3/t10-/m1/s1. The predicted molar refractivity (Wildman–Crippen MR) is 86.2 cm³/mol. The van der Waals surface area contributed by atoms with Crippen LogP contribution in [-0.2, 0) is 0 Å². The molecule has 2 aromatic heterocycles. The lowest BCUT2D eigenvalue weighted by Crippen LogP contribution is -2.12. The van der Waals surface area contributed by atoms with Crippen molar-refractivity contribution in [1.82, 2.24) is 14.6 Å². The SMILES string of the molecule is Cc1cc(Cl)ccc1[C@@H](C)Nc1cc(Cl)nc2ccnn12. The third-order valence-corrected chi connectivity index (χ3v) is 3.82. The summed E-state index contributed by atoms with van der Waals surface area (Å²) >= 11 is 12.1. The molecule has 6 heteroatoms. The van der Waals surface area contributed by atoms with Gasteiger partial charge < -0.3 is 5.32 Å². The van der Waals surface area contributed by atoms with Crippen molar-refractivity contribution in [2.75, 3.05) is 5.32 Å². The average Bonchev–Trinajstić information content (AvgIpc) is 2.86. The maximum absolute atomic E-state index is 6.05. The van der Waals surface area contributed by atoms with E-state index in [-0.39, 0.29) is 6.04 Å². The maximum Gasteiger partial charge on any atom is 0.159 e. The van der Waals surface area contributed by atoms with Gasteiger partial charge in [-0.25, -0.2) is 4.98 Å². The van der Waals surface area contributed by atoms with Crippen LogP contribution in [-0.4, -0.2) is 14.6 Å². The van der Waals surface area contributed by atoms with Crippen molar-refractivity contribution in [2.45, 2.75) is 19.9 Å². The van der Waals surface area contributed by atoms with Gasteiger partial charge in [-0.15, -0.1) is 0 Å². The molecule has 0 spiro atoms. The van der Waals surface area contributed by atoms with Crippen molar-refractivity contribution in [3.05, 3.63) is 57.8 Å². The Morgan fingerprint density at radius 1 is 1.19 bits per heavy atom. The molecule has 1 atom stereocenters. The number of aromatic nitrogens is 3. The molecule has 0 saturated carbocycles. The number of fused-ring (bicyclic) bond motifs is 1. The van der Waals surface area contributed by atoms with Crippen LogP contribution in [0.3, 0.4) is 0 Å². The molecular weight excluding hydrogens is 307 g/mol. The van der Waals surface area contributed by atoms with Crippen LogP contribution in [0, 0.1) is 6.92 Å². The fourth-order valence-electron chi connectivity index (χ4n) is 2.41. The van der Waals surface area contributed by atoms with Gasteiger partial charge in [0.2, 0.25) is 0 Å². The Morgan fingerprint density at radius 3 is 2.76 bits per heavy atom. The van der Waals surface area contributed by atoms with Gasteiger partial charge in [0.25, 0.3) is 0 Å². The Labute approximate surface area is 132 Å². The first-order chi connectivity index (χ1) is 10.0. The molecule has 3 aromatic rings. The van der Waals surface area contributed by atoms with E-state index in [9.17, 15) is 0 Å². The molecule has 0 aliphatic carbocycles. The summed E-state index contributed by atoms with van der Waals surface area (Å²) in [5.74, 6) is 0.803. The number of anilines is 1. The molecule has 0 unspecified atom stereocenters. The zero-order valence-corrected chi connectivity index (χ0v) is 13.2. The number of nitrogens with one attached hydrogen (secondary N) is 1. The van der Waals surface area contributed by atoms with Crippen LogP contribution in [0.25, 0.3) is 5.65 Å². The summed E-state index contributed by atoms with van der Waals surface area (Å²) in [5, 5.41) is 8.85. The Morgan fingerprint density at radius 2 is 2.00 bits per heavy atom. The third-order valence-electron chi connectivity index (χ3n) is 3.39. The molecule has 0 aliphatic rings.